The molecule has 6 heteroatoms. The molecular weight excluding hydrogens is 378 g/mol. The minimum atomic E-state index is -0.394. The average Bonchev–Trinajstić information content (AvgIpc) is 2.78. The molecule has 4 rings (SSSR count). The van der Waals surface area contributed by atoms with Crippen LogP contribution in [0.5, 0.6) is 5.75 Å². The molecule has 0 spiro atoms. The number of aromatic hydroxyl groups is 1. The first-order valence-corrected chi connectivity index (χ1v) is 9.75. The van der Waals surface area contributed by atoms with Gasteiger partial charge in [-0.3, -0.25) is 4.79 Å². The Morgan fingerprint density at radius 1 is 1.07 bits per heavy atom. The summed E-state index contributed by atoms with van der Waals surface area (Å²) in [5.41, 5.74) is 2.72. The van der Waals surface area contributed by atoms with Crippen molar-refractivity contribution in [3.8, 4) is 17.0 Å². The molecule has 0 aliphatic rings. The van der Waals surface area contributed by atoms with Crippen molar-refractivity contribution in [3.63, 3.8) is 0 Å². The summed E-state index contributed by atoms with van der Waals surface area (Å²) in [4.78, 5) is 17.9. The highest BCUT2D eigenvalue weighted by Crippen LogP contribution is 2.35. The fourth-order valence-corrected chi connectivity index (χ4v) is 3.54. The van der Waals surface area contributed by atoms with Crippen LogP contribution in [0.25, 0.3) is 22.2 Å². The number of rotatable bonds is 5. The van der Waals surface area contributed by atoms with Crippen LogP contribution in [0.2, 0.25) is 0 Å². The van der Waals surface area contributed by atoms with Crippen molar-refractivity contribution >= 4 is 16.8 Å². The maximum absolute atomic E-state index is 13.3. The first-order chi connectivity index (χ1) is 14.6. The zero-order chi connectivity index (χ0) is 21.1. The van der Waals surface area contributed by atoms with Crippen LogP contribution >= 0.6 is 0 Å². The molecular formula is C24H21N3O3. The van der Waals surface area contributed by atoms with E-state index in [-0.39, 0.29) is 17.4 Å². The Kier molecular flexibility index (Phi) is 5.30. The molecule has 1 unspecified atom stereocenters. The second kappa shape index (κ2) is 8.21. The van der Waals surface area contributed by atoms with Gasteiger partial charge in [0.1, 0.15) is 5.69 Å². The molecule has 0 bridgehead atoms. The van der Waals surface area contributed by atoms with E-state index in [0.717, 1.165) is 11.1 Å². The summed E-state index contributed by atoms with van der Waals surface area (Å²) >= 11 is 0. The predicted octanol–water partition coefficient (Wildman–Crippen LogP) is 4.12. The van der Waals surface area contributed by atoms with Crippen molar-refractivity contribution < 1.29 is 14.6 Å². The molecule has 0 saturated heterocycles. The third kappa shape index (κ3) is 3.67. The number of amides is 1. The second-order valence-corrected chi connectivity index (χ2v) is 6.99. The highest BCUT2D eigenvalue weighted by molar-refractivity contribution is 6.10. The van der Waals surface area contributed by atoms with E-state index in [2.05, 4.69) is 10.3 Å². The Hall–Kier alpha value is -3.93. The van der Waals surface area contributed by atoms with Crippen LogP contribution in [0.4, 0.5) is 0 Å². The van der Waals surface area contributed by atoms with Gasteiger partial charge in [0.15, 0.2) is 18.1 Å². The van der Waals surface area contributed by atoms with E-state index in [4.69, 9.17) is 0 Å². The van der Waals surface area contributed by atoms with Gasteiger partial charge in [-0.2, -0.15) is 4.73 Å². The number of aromatic nitrogens is 2. The normalized spacial score (nSPS) is 11.9. The molecule has 30 heavy (non-hydrogen) atoms. The molecule has 2 aromatic heterocycles. The van der Waals surface area contributed by atoms with Crippen LogP contribution in [0.1, 0.15) is 35.3 Å². The lowest BCUT2D eigenvalue weighted by molar-refractivity contribution is -0.605. The quantitative estimate of drug-likeness (QED) is 0.390. The molecule has 1 amide bonds. The lowest BCUT2D eigenvalue weighted by atomic mass is 10.0. The lowest BCUT2D eigenvalue weighted by Crippen LogP contribution is -2.30. The molecule has 2 heterocycles. The smallest absolute Gasteiger partial charge is 0.256 e. The number of hydrogen-bond donors (Lipinski definition) is 2. The SMILES string of the molecule is CCC(NC(=O)c1c(O)c(-c2ccccc2)nc2ccccc12)c1cc[n+]([O-])cc1. The van der Waals surface area contributed by atoms with Gasteiger partial charge in [-0.15, -0.1) is 0 Å². The van der Waals surface area contributed by atoms with Crippen molar-refractivity contribution in [2.75, 3.05) is 0 Å². The van der Waals surface area contributed by atoms with Gasteiger partial charge in [-0.25, -0.2) is 4.98 Å². The number of fused-ring (bicyclic) bond motifs is 1. The Labute approximate surface area is 174 Å². The van der Waals surface area contributed by atoms with E-state index in [1.807, 2.05) is 55.5 Å². The fraction of sp³-hybridized carbons (Fsp3) is 0.125. The Morgan fingerprint density at radius 3 is 2.43 bits per heavy atom. The van der Waals surface area contributed by atoms with Crippen molar-refractivity contribution in [2.45, 2.75) is 19.4 Å². The fourth-order valence-electron chi connectivity index (χ4n) is 3.54. The molecule has 1 atom stereocenters. The van der Waals surface area contributed by atoms with Crippen molar-refractivity contribution in [3.05, 3.63) is 95.5 Å². The van der Waals surface area contributed by atoms with Crippen LogP contribution in [0.15, 0.2) is 79.1 Å². The van der Waals surface area contributed by atoms with Crippen molar-refractivity contribution in [1.82, 2.24) is 10.3 Å². The van der Waals surface area contributed by atoms with Gasteiger partial charge in [0.05, 0.1) is 17.1 Å². The highest BCUT2D eigenvalue weighted by Gasteiger charge is 2.23. The number of carbonyl (C=O) groups excluding carboxylic acids is 1. The topological polar surface area (TPSA) is 89.2 Å². The summed E-state index contributed by atoms with van der Waals surface area (Å²) in [5, 5.41) is 25.9. The molecule has 2 aromatic carbocycles. The number of para-hydroxylation sites is 1. The molecule has 0 fully saturated rings. The molecule has 2 N–H and O–H groups in total. The number of nitrogens with one attached hydrogen (secondary N) is 1. The number of hydrogen-bond acceptors (Lipinski definition) is 4. The number of pyridine rings is 2. The number of nitrogens with zero attached hydrogens (tertiary/aromatic N) is 2. The van der Waals surface area contributed by atoms with Gasteiger partial charge < -0.3 is 15.6 Å². The summed E-state index contributed by atoms with van der Waals surface area (Å²) in [5.74, 6) is -0.549. The summed E-state index contributed by atoms with van der Waals surface area (Å²) in [6, 6.07) is 19.6. The van der Waals surface area contributed by atoms with Gasteiger partial charge in [0.25, 0.3) is 5.91 Å². The molecule has 4 aromatic rings. The summed E-state index contributed by atoms with van der Waals surface area (Å²) in [6.45, 7) is 1.95. The van der Waals surface area contributed by atoms with E-state index in [1.54, 1.807) is 18.2 Å². The summed E-state index contributed by atoms with van der Waals surface area (Å²) < 4.78 is 0.701. The summed E-state index contributed by atoms with van der Waals surface area (Å²) in [6.07, 6.45) is 3.43. The number of benzene rings is 2. The van der Waals surface area contributed by atoms with E-state index in [1.165, 1.54) is 12.4 Å². The van der Waals surface area contributed by atoms with Crippen LogP contribution < -0.4 is 10.0 Å². The average molecular weight is 399 g/mol. The zero-order valence-corrected chi connectivity index (χ0v) is 16.4. The molecule has 0 aliphatic carbocycles. The van der Waals surface area contributed by atoms with Gasteiger partial charge in [0.2, 0.25) is 0 Å². The highest BCUT2D eigenvalue weighted by atomic mass is 16.5. The Bertz CT molecular complexity index is 1190. The third-order valence-electron chi connectivity index (χ3n) is 5.08. The van der Waals surface area contributed by atoms with Crippen LogP contribution in [-0.2, 0) is 0 Å². The van der Waals surface area contributed by atoms with E-state index < -0.39 is 5.91 Å². The first-order valence-electron chi connectivity index (χ1n) is 9.75. The van der Waals surface area contributed by atoms with Crippen LogP contribution in [0, 0.1) is 5.21 Å². The third-order valence-corrected chi connectivity index (χ3v) is 5.08. The zero-order valence-electron chi connectivity index (χ0n) is 16.4. The van der Waals surface area contributed by atoms with Crippen LogP contribution in [-0.4, -0.2) is 16.0 Å². The van der Waals surface area contributed by atoms with Gasteiger partial charge >= 0.3 is 0 Å². The van der Waals surface area contributed by atoms with Crippen LogP contribution in [0.3, 0.4) is 0 Å². The molecule has 150 valence electrons. The molecule has 0 saturated carbocycles. The van der Waals surface area contributed by atoms with E-state index >= 15 is 0 Å². The lowest BCUT2D eigenvalue weighted by Gasteiger charge is -2.19. The van der Waals surface area contributed by atoms with E-state index in [0.29, 0.717) is 27.7 Å². The number of carbonyl (C=O) groups is 1. The predicted molar refractivity (Wildman–Crippen MR) is 115 cm³/mol. The second-order valence-electron chi connectivity index (χ2n) is 6.99. The van der Waals surface area contributed by atoms with Gasteiger partial charge in [-0.05, 0) is 18.1 Å². The minimum Gasteiger partial charge on any atom is -0.619 e. The van der Waals surface area contributed by atoms with Gasteiger partial charge in [0, 0.05) is 23.1 Å². The standard InChI is InChI=1S/C24H21N3O3/c1-2-19(16-12-14-27(30)15-13-16)26-24(29)21-18-10-6-7-11-20(18)25-22(23(21)28)17-8-4-3-5-9-17/h3-15,19,28H,2H2,1H3,(H,26,29). The largest absolute Gasteiger partial charge is 0.619 e. The van der Waals surface area contributed by atoms with E-state index in [9.17, 15) is 15.1 Å². The molecule has 0 aliphatic heterocycles. The summed E-state index contributed by atoms with van der Waals surface area (Å²) in [7, 11) is 0. The minimum absolute atomic E-state index is 0.155. The maximum atomic E-state index is 13.3. The van der Waals surface area contributed by atoms with Crippen molar-refractivity contribution in [2.24, 2.45) is 0 Å². The Morgan fingerprint density at radius 2 is 1.73 bits per heavy atom. The maximum Gasteiger partial charge on any atom is 0.256 e. The monoisotopic (exact) mass is 399 g/mol. The molecule has 6 nitrogen and oxygen atoms in total. The Balaban J connectivity index is 1.79. The van der Waals surface area contributed by atoms with Gasteiger partial charge in [-0.1, -0.05) is 55.5 Å². The molecule has 0 radical (unpaired) electrons. The first kappa shape index (κ1) is 19.4. The van der Waals surface area contributed by atoms with Crippen molar-refractivity contribution in [1.29, 1.82) is 0 Å².